The van der Waals surface area contributed by atoms with Gasteiger partial charge in [0.25, 0.3) is 5.91 Å². The molecule has 6 nitrogen and oxygen atoms in total. The van der Waals surface area contributed by atoms with Gasteiger partial charge in [-0.25, -0.2) is 0 Å². The van der Waals surface area contributed by atoms with E-state index in [4.69, 9.17) is 10.5 Å². The number of nitrogens with zero attached hydrogens (tertiary/aromatic N) is 2. The number of rotatable bonds is 5. The molecule has 2 aromatic rings. The summed E-state index contributed by atoms with van der Waals surface area (Å²) in [6, 6.07) is 16.5. The molecule has 1 aliphatic heterocycles. The second-order valence-corrected chi connectivity index (χ2v) is 7.07. The summed E-state index contributed by atoms with van der Waals surface area (Å²) in [7, 11) is 1.58. The number of methoxy groups -OCH3 is 1. The van der Waals surface area contributed by atoms with Crippen LogP contribution in [0.15, 0.2) is 54.6 Å². The molecule has 0 aromatic heterocycles. The number of benzene rings is 2. The predicted octanol–water partition coefficient (Wildman–Crippen LogP) is 2.32. The molecule has 3 rings (SSSR count). The minimum absolute atomic E-state index is 0.0323. The van der Waals surface area contributed by atoms with Gasteiger partial charge in [0.15, 0.2) is 0 Å². The topological polar surface area (TPSA) is 75.9 Å². The number of ether oxygens (including phenoxy) is 1. The largest absolute Gasteiger partial charge is 0.497 e. The molecule has 2 aromatic carbocycles. The summed E-state index contributed by atoms with van der Waals surface area (Å²) in [4.78, 5) is 29.2. The zero-order chi connectivity index (χ0) is 20.1. The molecule has 0 spiro atoms. The minimum Gasteiger partial charge on any atom is -0.497 e. The number of piperazine rings is 1. The average Bonchev–Trinajstić information content (AvgIpc) is 2.77. The van der Waals surface area contributed by atoms with E-state index >= 15 is 0 Å². The van der Waals surface area contributed by atoms with E-state index in [0.717, 1.165) is 5.56 Å². The van der Waals surface area contributed by atoms with Gasteiger partial charge >= 0.3 is 0 Å². The summed E-state index contributed by atoms with van der Waals surface area (Å²) in [5, 5.41) is 0. The number of nitrogens with two attached hydrogens (primary N) is 1. The van der Waals surface area contributed by atoms with Crippen LogP contribution in [0.3, 0.4) is 0 Å². The molecule has 148 valence electrons. The molecular formula is C22H27N3O3. The van der Waals surface area contributed by atoms with Crippen LogP contribution in [0, 0.1) is 5.92 Å². The van der Waals surface area contributed by atoms with Crippen molar-refractivity contribution < 1.29 is 14.3 Å². The fraction of sp³-hybridized carbons (Fsp3) is 0.364. The molecule has 2 unspecified atom stereocenters. The number of hydrogen-bond donors (Lipinski definition) is 1. The van der Waals surface area contributed by atoms with Crippen molar-refractivity contribution in [2.75, 3.05) is 33.3 Å². The minimum atomic E-state index is -0.342. The van der Waals surface area contributed by atoms with Crippen molar-refractivity contribution in [2.45, 2.75) is 13.0 Å². The third-order valence-electron chi connectivity index (χ3n) is 5.31. The van der Waals surface area contributed by atoms with Crippen molar-refractivity contribution in [3.05, 3.63) is 65.7 Å². The van der Waals surface area contributed by atoms with Crippen molar-refractivity contribution in [3.63, 3.8) is 0 Å². The fourth-order valence-corrected chi connectivity index (χ4v) is 3.47. The van der Waals surface area contributed by atoms with Gasteiger partial charge in [0.05, 0.1) is 13.0 Å². The maximum absolute atomic E-state index is 12.9. The lowest BCUT2D eigenvalue weighted by molar-refractivity contribution is -0.137. The first-order valence-corrected chi connectivity index (χ1v) is 9.54. The van der Waals surface area contributed by atoms with Gasteiger partial charge in [-0.05, 0) is 23.8 Å². The van der Waals surface area contributed by atoms with Gasteiger partial charge in [-0.2, -0.15) is 0 Å². The molecular weight excluding hydrogens is 354 g/mol. The molecule has 2 atom stereocenters. The van der Waals surface area contributed by atoms with Crippen LogP contribution >= 0.6 is 0 Å². The van der Waals surface area contributed by atoms with Gasteiger partial charge in [0.1, 0.15) is 5.75 Å². The van der Waals surface area contributed by atoms with Crippen LogP contribution < -0.4 is 10.5 Å². The summed E-state index contributed by atoms with van der Waals surface area (Å²) in [5.74, 6) is 0.330. The Balaban J connectivity index is 1.58. The van der Waals surface area contributed by atoms with E-state index in [1.54, 1.807) is 30.2 Å². The molecule has 0 aliphatic carbocycles. The first-order chi connectivity index (χ1) is 13.5. The van der Waals surface area contributed by atoms with Crippen molar-refractivity contribution in [1.82, 2.24) is 9.80 Å². The molecule has 1 saturated heterocycles. The standard InChI is InChI=1S/C22H27N3O3/c1-16(20(23)17-7-4-3-5-8-17)21(26)24-11-13-25(14-12-24)22(27)18-9-6-10-19(15-18)28-2/h3-10,15-16,20H,11-14,23H2,1-2H3. The summed E-state index contributed by atoms with van der Waals surface area (Å²) in [6.45, 7) is 3.92. The first-order valence-electron chi connectivity index (χ1n) is 9.54. The highest BCUT2D eigenvalue weighted by molar-refractivity contribution is 5.94. The van der Waals surface area contributed by atoms with Crippen molar-refractivity contribution in [1.29, 1.82) is 0 Å². The molecule has 0 bridgehead atoms. The number of hydrogen-bond acceptors (Lipinski definition) is 4. The van der Waals surface area contributed by atoms with Crippen LogP contribution in [-0.4, -0.2) is 54.9 Å². The average molecular weight is 381 g/mol. The molecule has 1 aliphatic rings. The molecule has 2 N–H and O–H groups in total. The first kappa shape index (κ1) is 19.9. The van der Waals surface area contributed by atoms with E-state index in [2.05, 4.69) is 0 Å². The Morgan fingerprint density at radius 3 is 2.25 bits per heavy atom. The normalized spacial score (nSPS) is 16.4. The molecule has 28 heavy (non-hydrogen) atoms. The predicted molar refractivity (Wildman–Crippen MR) is 108 cm³/mol. The SMILES string of the molecule is COc1cccc(C(=O)N2CCN(C(=O)C(C)C(N)c3ccccc3)CC2)c1. The fourth-order valence-electron chi connectivity index (χ4n) is 3.47. The van der Waals surface area contributed by atoms with E-state index < -0.39 is 0 Å². The Kier molecular flexibility index (Phi) is 6.31. The van der Waals surface area contributed by atoms with Gasteiger partial charge in [-0.15, -0.1) is 0 Å². The monoisotopic (exact) mass is 381 g/mol. The van der Waals surface area contributed by atoms with Crippen LogP contribution in [0.2, 0.25) is 0 Å². The maximum Gasteiger partial charge on any atom is 0.254 e. The third-order valence-corrected chi connectivity index (χ3v) is 5.31. The van der Waals surface area contributed by atoms with Crippen LogP contribution in [0.5, 0.6) is 5.75 Å². The summed E-state index contributed by atoms with van der Waals surface area (Å²) >= 11 is 0. The Labute approximate surface area is 165 Å². The summed E-state index contributed by atoms with van der Waals surface area (Å²) < 4.78 is 5.19. The Bertz CT molecular complexity index is 817. The Hall–Kier alpha value is -2.86. The lowest BCUT2D eigenvalue weighted by Crippen LogP contribution is -2.52. The van der Waals surface area contributed by atoms with E-state index in [9.17, 15) is 9.59 Å². The summed E-state index contributed by atoms with van der Waals surface area (Å²) in [6.07, 6.45) is 0. The number of amides is 2. The Morgan fingerprint density at radius 1 is 0.964 bits per heavy atom. The quantitative estimate of drug-likeness (QED) is 0.862. The van der Waals surface area contributed by atoms with Crippen molar-refractivity contribution in [3.8, 4) is 5.75 Å². The Morgan fingerprint density at radius 2 is 1.61 bits per heavy atom. The van der Waals surface area contributed by atoms with E-state index in [-0.39, 0.29) is 23.8 Å². The molecule has 2 amide bonds. The van der Waals surface area contributed by atoms with Crippen LogP contribution in [0.25, 0.3) is 0 Å². The molecule has 1 fully saturated rings. The lowest BCUT2D eigenvalue weighted by Gasteiger charge is -2.37. The molecule has 6 heteroatoms. The van der Waals surface area contributed by atoms with Crippen LogP contribution in [0.1, 0.15) is 28.9 Å². The second kappa shape index (κ2) is 8.89. The van der Waals surface area contributed by atoms with Gasteiger partial charge in [-0.1, -0.05) is 43.3 Å². The molecule has 0 saturated carbocycles. The molecule has 1 heterocycles. The van der Waals surface area contributed by atoms with Gasteiger partial charge in [-0.3, -0.25) is 9.59 Å². The number of carbonyl (C=O) groups is 2. The van der Waals surface area contributed by atoms with E-state index in [1.807, 2.05) is 48.2 Å². The lowest BCUT2D eigenvalue weighted by atomic mass is 9.94. The van der Waals surface area contributed by atoms with Gasteiger partial charge in [0.2, 0.25) is 5.91 Å². The highest BCUT2D eigenvalue weighted by atomic mass is 16.5. The zero-order valence-corrected chi connectivity index (χ0v) is 16.4. The highest BCUT2D eigenvalue weighted by Crippen LogP contribution is 2.22. The van der Waals surface area contributed by atoms with Crippen molar-refractivity contribution >= 4 is 11.8 Å². The van der Waals surface area contributed by atoms with E-state index in [1.165, 1.54) is 0 Å². The number of carbonyl (C=O) groups excluding carboxylic acids is 2. The highest BCUT2D eigenvalue weighted by Gasteiger charge is 2.30. The maximum atomic E-state index is 12.9. The third kappa shape index (κ3) is 4.34. The smallest absolute Gasteiger partial charge is 0.254 e. The molecule has 0 radical (unpaired) electrons. The second-order valence-electron chi connectivity index (χ2n) is 7.07. The van der Waals surface area contributed by atoms with Crippen LogP contribution in [0.4, 0.5) is 0 Å². The zero-order valence-electron chi connectivity index (χ0n) is 16.4. The van der Waals surface area contributed by atoms with Gasteiger partial charge < -0.3 is 20.3 Å². The van der Waals surface area contributed by atoms with Gasteiger partial charge in [0, 0.05) is 37.8 Å². The van der Waals surface area contributed by atoms with E-state index in [0.29, 0.717) is 37.5 Å². The van der Waals surface area contributed by atoms with Crippen LogP contribution in [-0.2, 0) is 4.79 Å². The van der Waals surface area contributed by atoms with Crippen molar-refractivity contribution in [2.24, 2.45) is 11.7 Å². The summed E-state index contributed by atoms with van der Waals surface area (Å²) in [5.41, 5.74) is 7.85.